The van der Waals surface area contributed by atoms with E-state index in [4.69, 9.17) is 19.7 Å². The second kappa shape index (κ2) is 13.2. The number of para-hydroxylation sites is 2. The van der Waals surface area contributed by atoms with Gasteiger partial charge in [-0.25, -0.2) is 4.99 Å². The summed E-state index contributed by atoms with van der Waals surface area (Å²) in [5.41, 5.74) is 5.28. The monoisotopic (exact) mass is 545 g/mol. The van der Waals surface area contributed by atoms with Crippen LogP contribution in [-0.2, 0) is 24.2 Å². The van der Waals surface area contributed by atoms with Gasteiger partial charge in [-0.1, -0.05) is 123 Å². The van der Waals surface area contributed by atoms with Crippen molar-refractivity contribution in [2.75, 3.05) is 6.61 Å². The van der Waals surface area contributed by atoms with Gasteiger partial charge in [0.15, 0.2) is 0 Å². The zero-order valence-corrected chi connectivity index (χ0v) is 28.0. The average molecular weight is 547 g/mol. The Morgan fingerprint density at radius 3 is 1.97 bits per heavy atom. The van der Waals surface area contributed by atoms with Crippen molar-refractivity contribution >= 4 is 33.7 Å². The summed E-state index contributed by atoms with van der Waals surface area (Å²) in [5, 5.41) is 4.91. The van der Waals surface area contributed by atoms with Crippen molar-refractivity contribution in [1.29, 1.82) is 0 Å². The molecule has 0 fully saturated rings. The van der Waals surface area contributed by atoms with Crippen LogP contribution in [-0.4, -0.2) is 35.0 Å². The molecule has 1 aliphatic rings. The first-order valence-electron chi connectivity index (χ1n) is 12.1. The van der Waals surface area contributed by atoms with Crippen molar-refractivity contribution in [3.05, 3.63) is 69.1 Å². The van der Waals surface area contributed by atoms with Crippen LogP contribution in [0.2, 0.25) is 39.3 Å². The van der Waals surface area contributed by atoms with Crippen molar-refractivity contribution in [1.82, 2.24) is 0 Å². The Hall–Kier alpha value is -1.27. The number of hydrogen-bond acceptors (Lipinski definition) is 2. The molecule has 1 heterocycles. The molecule has 0 amide bonds. The van der Waals surface area contributed by atoms with Gasteiger partial charge in [0.25, 0.3) is 0 Å². The van der Waals surface area contributed by atoms with Gasteiger partial charge in [-0.05, 0) is 26.2 Å². The Kier molecular flexibility index (Phi) is 11.9. The molecule has 0 aliphatic carbocycles. The van der Waals surface area contributed by atoms with E-state index in [1.807, 2.05) is 24.3 Å². The fraction of sp³-hybridized carbons (Fsp3) is 0.519. The summed E-state index contributed by atoms with van der Waals surface area (Å²) in [5.74, 6) is 1.35. The molecule has 7 heteroatoms. The maximum atomic E-state index is 5.88. The molecular weight excluding hydrogens is 504 g/mol. The SMILES string of the molecule is C[Si](C)(C)[N-][Si](C)(C)C.Cc1cccc(C)c1[N-]c1ccccc1C1=N[C@H](CC(C)C)CO1.[Zn+2]. The Labute approximate surface area is 223 Å². The summed E-state index contributed by atoms with van der Waals surface area (Å²) >= 11 is 0. The average Bonchev–Trinajstić information content (AvgIpc) is 3.10. The van der Waals surface area contributed by atoms with Crippen LogP contribution in [0.4, 0.5) is 11.4 Å². The Balaban J connectivity index is 0.000000496. The van der Waals surface area contributed by atoms with Crippen LogP contribution in [0.1, 0.15) is 37.0 Å². The molecule has 1 atom stereocenters. The van der Waals surface area contributed by atoms with Crippen molar-refractivity contribution < 1.29 is 24.2 Å². The third kappa shape index (κ3) is 10.6. The van der Waals surface area contributed by atoms with Gasteiger partial charge in [0, 0.05) is 5.56 Å². The number of hydrogen-bond donors (Lipinski definition) is 0. The third-order valence-electron chi connectivity index (χ3n) is 4.93. The van der Waals surface area contributed by atoms with Gasteiger partial charge >= 0.3 is 19.5 Å². The Morgan fingerprint density at radius 2 is 1.47 bits per heavy atom. The predicted octanol–water partition coefficient (Wildman–Crippen LogP) is 8.86. The van der Waals surface area contributed by atoms with Crippen LogP contribution >= 0.6 is 0 Å². The molecule has 0 unspecified atom stereocenters. The van der Waals surface area contributed by atoms with Gasteiger partial charge in [0.05, 0.1) is 6.04 Å². The standard InChI is InChI=1S/C21H25N2O.C6H18NSi2.Zn/c1-14(2)12-17-13-24-21(22-17)18-10-5-6-11-19(18)23-20-15(3)8-7-9-16(20)4;1-8(2,3)7-9(4,5)6;/h5-11,14,17H,12-13H2,1-4H3;1-6H3;/q2*-1;+2/t17-;;/m1../s1. The van der Waals surface area contributed by atoms with E-state index in [0.717, 1.165) is 29.3 Å². The molecule has 0 saturated heterocycles. The molecule has 0 N–H and O–H groups in total. The first-order valence-corrected chi connectivity index (χ1v) is 19.0. The van der Waals surface area contributed by atoms with Crippen molar-refractivity contribution in [2.45, 2.75) is 79.4 Å². The van der Waals surface area contributed by atoms with Gasteiger partial charge < -0.3 is 14.7 Å². The molecule has 0 radical (unpaired) electrons. The number of aryl methyl sites for hydroxylation is 2. The smallest absolute Gasteiger partial charge is 0.668 e. The fourth-order valence-corrected chi connectivity index (χ4v) is 12.1. The van der Waals surface area contributed by atoms with Crippen LogP contribution < -0.4 is 0 Å². The summed E-state index contributed by atoms with van der Waals surface area (Å²) in [6.07, 6.45) is 1.06. The molecule has 2 aromatic carbocycles. The first kappa shape index (κ1) is 30.8. The zero-order chi connectivity index (χ0) is 24.8. The van der Waals surface area contributed by atoms with E-state index in [0.29, 0.717) is 12.5 Å². The van der Waals surface area contributed by atoms with Crippen molar-refractivity contribution in [3.8, 4) is 0 Å². The van der Waals surface area contributed by atoms with E-state index in [1.165, 1.54) is 11.1 Å². The molecule has 2 aromatic rings. The topological polar surface area (TPSA) is 49.8 Å². The van der Waals surface area contributed by atoms with Gasteiger partial charge in [-0.3, -0.25) is 0 Å². The summed E-state index contributed by atoms with van der Waals surface area (Å²) in [6.45, 7) is 23.1. The zero-order valence-electron chi connectivity index (χ0n) is 23.1. The van der Waals surface area contributed by atoms with E-state index in [1.54, 1.807) is 0 Å². The minimum absolute atomic E-state index is 0. The fourth-order valence-electron chi connectivity index (χ4n) is 4.09. The maximum Gasteiger partial charge on any atom is 2.00 e. The van der Waals surface area contributed by atoms with E-state index in [9.17, 15) is 0 Å². The quantitative estimate of drug-likeness (QED) is 0.320. The molecule has 3 rings (SSSR count). The normalized spacial score (nSPS) is 15.6. The van der Waals surface area contributed by atoms with E-state index >= 15 is 0 Å². The summed E-state index contributed by atoms with van der Waals surface area (Å²) in [6, 6.07) is 14.6. The van der Waals surface area contributed by atoms with E-state index < -0.39 is 16.5 Å². The van der Waals surface area contributed by atoms with Gasteiger partial charge in [-0.15, -0.1) is 11.4 Å². The van der Waals surface area contributed by atoms with Crippen LogP contribution in [0.25, 0.3) is 9.96 Å². The van der Waals surface area contributed by atoms with Crippen molar-refractivity contribution in [3.63, 3.8) is 0 Å². The molecular formula is C27H43N3OSi2Zn. The molecule has 4 nitrogen and oxygen atoms in total. The number of aliphatic imine (C=N–C) groups is 1. The van der Waals surface area contributed by atoms with Gasteiger partial charge in [0.2, 0.25) is 5.90 Å². The molecule has 0 aromatic heterocycles. The number of nitrogens with zero attached hydrogens (tertiary/aromatic N) is 3. The number of rotatable bonds is 7. The molecule has 34 heavy (non-hydrogen) atoms. The molecule has 0 spiro atoms. The summed E-state index contributed by atoms with van der Waals surface area (Å²) in [4.78, 5) is 4.78. The predicted molar refractivity (Wildman–Crippen MR) is 151 cm³/mol. The second-order valence-corrected chi connectivity index (χ2v) is 20.9. The van der Waals surface area contributed by atoms with E-state index in [-0.39, 0.29) is 25.5 Å². The second-order valence-electron chi connectivity index (χ2n) is 11.4. The Morgan fingerprint density at radius 1 is 0.912 bits per heavy atom. The summed E-state index contributed by atoms with van der Waals surface area (Å²) < 4.78 is 10.7. The van der Waals surface area contributed by atoms with Crippen LogP contribution in [0.3, 0.4) is 0 Å². The van der Waals surface area contributed by atoms with Crippen LogP contribution in [0, 0.1) is 19.8 Å². The summed E-state index contributed by atoms with van der Waals surface area (Å²) in [7, 11) is -2.21. The first-order chi connectivity index (χ1) is 15.2. The molecule has 182 valence electrons. The van der Waals surface area contributed by atoms with Crippen LogP contribution in [0.15, 0.2) is 47.5 Å². The van der Waals surface area contributed by atoms with Gasteiger partial charge in [-0.2, -0.15) is 0 Å². The molecule has 0 saturated carbocycles. The Bertz CT molecular complexity index is 917. The largest absolute Gasteiger partial charge is 2.00 e. The molecule has 1 aliphatic heterocycles. The van der Waals surface area contributed by atoms with E-state index in [2.05, 4.69) is 85.2 Å². The number of ether oxygens (including phenoxy) is 1. The molecule has 0 bridgehead atoms. The maximum absolute atomic E-state index is 5.88. The number of benzene rings is 2. The minimum atomic E-state index is -1.11. The third-order valence-corrected chi connectivity index (χ3v) is 10.3. The van der Waals surface area contributed by atoms with Crippen molar-refractivity contribution in [2.24, 2.45) is 10.9 Å². The minimum Gasteiger partial charge on any atom is -0.668 e. The van der Waals surface area contributed by atoms with Crippen LogP contribution in [0.5, 0.6) is 0 Å². The van der Waals surface area contributed by atoms with Gasteiger partial charge in [0.1, 0.15) is 6.61 Å².